The first-order valence-corrected chi connectivity index (χ1v) is 6.95. The first-order valence-electron chi connectivity index (χ1n) is 6.95. The number of rotatable bonds is 3. The van der Waals surface area contributed by atoms with Crippen molar-refractivity contribution in [3.8, 4) is 0 Å². The Kier molecular flexibility index (Phi) is 4.58. The van der Waals surface area contributed by atoms with Gasteiger partial charge < -0.3 is 15.7 Å². The van der Waals surface area contributed by atoms with Gasteiger partial charge in [-0.2, -0.15) is 0 Å². The van der Waals surface area contributed by atoms with Gasteiger partial charge in [0.15, 0.2) is 0 Å². The number of aliphatic carboxylic acids is 1. The van der Waals surface area contributed by atoms with E-state index in [1.807, 2.05) is 0 Å². The summed E-state index contributed by atoms with van der Waals surface area (Å²) in [5.74, 6) is -1.21. The number of hydrogen-bond acceptors (Lipinski definition) is 3. The number of carboxylic acid groups (broad SMARTS) is 1. The molecular formula is C13H22N2O3. The van der Waals surface area contributed by atoms with Crippen molar-refractivity contribution in [3.05, 3.63) is 0 Å². The van der Waals surface area contributed by atoms with Crippen molar-refractivity contribution in [2.45, 2.75) is 57.0 Å². The third-order valence-corrected chi connectivity index (χ3v) is 4.04. The van der Waals surface area contributed by atoms with Crippen molar-refractivity contribution in [2.24, 2.45) is 5.92 Å². The summed E-state index contributed by atoms with van der Waals surface area (Å²) in [5, 5.41) is 15.3. The van der Waals surface area contributed by atoms with Crippen LogP contribution in [0, 0.1) is 5.92 Å². The van der Waals surface area contributed by atoms with Gasteiger partial charge in [-0.1, -0.05) is 19.3 Å². The van der Waals surface area contributed by atoms with Crippen LogP contribution >= 0.6 is 0 Å². The van der Waals surface area contributed by atoms with E-state index in [0.29, 0.717) is 6.42 Å². The molecule has 1 aliphatic carbocycles. The molecule has 0 spiro atoms. The molecule has 0 aromatic rings. The largest absolute Gasteiger partial charge is 0.481 e. The second kappa shape index (κ2) is 6.18. The molecule has 0 bridgehead atoms. The van der Waals surface area contributed by atoms with E-state index in [1.165, 1.54) is 0 Å². The van der Waals surface area contributed by atoms with Gasteiger partial charge in [0.25, 0.3) is 0 Å². The topological polar surface area (TPSA) is 78.4 Å². The van der Waals surface area contributed by atoms with Crippen LogP contribution in [0.2, 0.25) is 0 Å². The maximum absolute atomic E-state index is 12.1. The fourth-order valence-electron chi connectivity index (χ4n) is 2.96. The quantitative estimate of drug-likeness (QED) is 0.699. The maximum Gasteiger partial charge on any atom is 0.308 e. The summed E-state index contributed by atoms with van der Waals surface area (Å²) in [7, 11) is 0. The Bertz CT molecular complexity index is 313. The van der Waals surface area contributed by atoms with E-state index in [2.05, 4.69) is 10.6 Å². The van der Waals surface area contributed by atoms with Gasteiger partial charge in [-0.15, -0.1) is 0 Å². The average Bonchev–Trinajstić information content (AvgIpc) is 2.40. The lowest BCUT2D eigenvalue weighted by Crippen LogP contribution is -2.53. The van der Waals surface area contributed by atoms with Crippen LogP contribution in [-0.4, -0.2) is 35.6 Å². The third-order valence-electron chi connectivity index (χ3n) is 4.04. The second-order valence-electron chi connectivity index (χ2n) is 5.35. The fourth-order valence-corrected chi connectivity index (χ4v) is 2.96. The second-order valence-corrected chi connectivity index (χ2v) is 5.35. The molecule has 1 aliphatic heterocycles. The highest BCUT2D eigenvalue weighted by atomic mass is 16.4. The average molecular weight is 254 g/mol. The molecule has 1 heterocycles. The Morgan fingerprint density at radius 1 is 1.06 bits per heavy atom. The van der Waals surface area contributed by atoms with Crippen LogP contribution in [0.1, 0.15) is 44.9 Å². The van der Waals surface area contributed by atoms with Gasteiger partial charge in [-0.25, -0.2) is 0 Å². The lowest BCUT2D eigenvalue weighted by molar-refractivity contribution is -0.144. The van der Waals surface area contributed by atoms with Gasteiger partial charge in [0.2, 0.25) is 5.91 Å². The summed E-state index contributed by atoms with van der Waals surface area (Å²) in [6.07, 6.45) is 6.46. The molecule has 1 saturated heterocycles. The van der Waals surface area contributed by atoms with E-state index in [9.17, 15) is 9.59 Å². The highest BCUT2D eigenvalue weighted by Crippen LogP contribution is 2.25. The third kappa shape index (κ3) is 3.22. The summed E-state index contributed by atoms with van der Waals surface area (Å²) in [6, 6.07) is -0.317. The van der Waals surface area contributed by atoms with E-state index in [1.54, 1.807) is 0 Å². The Hall–Kier alpha value is -1.10. The van der Waals surface area contributed by atoms with Crippen LogP contribution in [0.4, 0.5) is 0 Å². The minimum atomic E-state index is -0.781. The van der Waals surface area contributed by atoms with Gasteiger partial charge in [-0.3, -0.25) is 9.59 Å². The molecule has 3 N–H and O–H groups in total. The monoisotopic (exact) mass is 254 g/mol. The molecule has 2 aliphatic rings. The number of carbonyl (C=O) groups is 2. The van der Waals surface area contributed by atoms with Gasteiger partial charge >= 0.3 is 5.97 Å². The maximum atomic E-state index is 12.1. The summed E-state index contributed by atoms with van der Waals surface area (Å²) >= 11 is 0. The van der Waals surface area contributed by atoms with Crippen molar-refractivity contribution in [3.63, 3.8) is 0 Å². The highest BCUT2D eigenvalue weighted by molar-refractivity contribution is 5.83. The van der Waals surface area contributed by atoms with Crippen LogP contribution in [0.15, 0.2) is 0 Å². The lowest BCUT2D eigenvalue weighted by Gasteiger charge is -2.31. The lowest BCUT2D eigenvalue weighted by atomic mass is 9.84. The van der Waals surface area contributed by atoms with E-state index in [4.69, 9.17) is 5.11 Å². The van der Waals surface area contributed by atoms with E-state index in [-0.39, 0.29) is 18.0 Å². The highest BCUT2D eigenvalue weighted by Gasteiger charge is 2.33. The summed E-state index contributed by atoms with van der Waals surface area (Å²) in [5.41, 5.74) is 0. The summed E-state index contributed by atoms with van der Waals surface area (Å²) in [4.78, 5) is 23.2. The molecule has 2 fully saturated rings. The molecule has 2 rings (SSSR count). The smallest absolute Gasteiger partial charge is 0.308 e. The normalized spacial score (nSPS) is 32.8. The molecule has 3 atom stereocenters. The molecule has 0 radical (unpaired) electrons. The SMILES string of the molecule is O=C(NC1CCCCC1C(=O)O)C1CCCCN1. The molecule has 102 valence electrons. The first kappa shape index (κ1) is 13.3. The number of carboxylic acids is 1. The number of carbonyl (C=O) groups excluding carboxylic acids is 1. The summed E-state index contributed by atoms with van der Waals surface area (Å²) in [6.45, 7) is 0.880. The zero-order chi connectivity index (χ0) is 13.0. The van der Waals surface area contributed by atoms with E-state index < -0.39 is 11.9 Å². The number of nitrogens with one attached hydrogen (secondary N) is 2. The molecule has 18 heavy (non-hydrogen) atoms. The predicted octanol–water partition coefficient (Wildman–Crippen LogP) is 0.888. The zero-order valence-electron chi connectivity index (χ0n) is 10.7. The molecule has 5 nitrogen and oxygen atoms in total. The summed E-state index contributed by atoms with van der Waals surface area (Å²) < 4.78 is 0. The van der Waals surface area contributed by atoms with Crippen LogP contribution in [-0.2, 0) is 9.59 Å². The Morgan fingerprint density at radius 3 is 2.44 bits per heavy atom. The molecule has 1 amide bonds. The van der Waals surface area contributed by atoms with Gasteiger partial charge in [0, 0.05) is 6.04 Å². The number of amides is 1. The molecule has 0 aromatic heterocycles. The van der Waals surface area contributed by atoms with Gasteiger partial charge in [0.1, 0.15) is 0 Å². The Labute approximate surface area is 107 Å². The predicted molar refractivity (Wildman–Crippen MR) is 67.2 cm³/mol. The van der Waals surface area contributed by atoms with Crippen molar-refractivity contribution in [2.75, 3.05) is 6.54 Å². The fraction of sp³-hybridized carbons (Fsp3) is 0.846. The number of piperidine rings is 1. The van der Waals surface area contributed by atoms with E-state index in [0.717, 1.165) is 45.1 Å². The van der Waals surface area contributed by atoms with Crippen molar-refractivity contribution >= 4 is 11.9 Å². The molecule has 3 unspecified atom stereocenters. The van der Waals surface area contributed by atoms with Crippen molar-refractivity contribution in [1.29, 1.82) is 0 Å². The van der Waals surface area contributed by atoms with Gasteiger partial charge in [0.05, 0.1) is 12.0 Å². The standard InChI is InChI=1S/C13H22N2O3/c16-12(11-7-3-4-8-14-11)15-10-6-2-1-5-9(10)13(17)18/h9-11,14H,1-8H2,(H,15,16)(H,17,18). The van der Waals surface area contributed by atoms with Crippen LogP contribution < -0.4 is 10.6 Å². The van der Waals surface area contributed by atoms with E-state index >= 15 is 0 Å². The molecule has 1 saturated carbocycles. The zero-order valence-corrected chi connectivity index (χ0v) is 10.7. The minimum absolute atomic E-state index is 0.0205. The first-order chi connectivity index (χ1) is 8.68. The van der Waals surface area contributed by atoms with Crippen molar-refractivity contribution in [1.82, 2.24) is 10.6 Å². The minimum Gasteiger partial charge on any atom is -0.481 e. The van der Waals surface area contributed by atoms with Crippen LogP contribution in [0.5, 0.6) is 0 Å². The van der Waals surface area contributed by atoms with Crippen molar-refractivity contribution < 1.29 is 14.7 Å². The Balaban J connectivity index is 1.89. The van der Waals surface area contributed by atoms with Crippen LogP contribution in [0.3, 0.4) is 0 Å². The Morgan fingerprint density at radius 2 is 1.78 bits per heavy atom. The molecule has 0 aromatic carbocycles. The molecular weight excluding hydrogens is 232 g/mol. The van der Waals surface area contributed by atoms with Crippen LogP contribution in [0.25, 0.3) is 0 Å². The number of hydrogen-bond donors (Lipinski definition) is 3. The van der Waals surface area contributed by atoms with Gasteiger partial charge in [-0.05, 0) is 32.2 Å². The molecule has 5 heteroatoms.